The maximum absolute atomic E-state index is 10.6. The fourth-order valence-corrected chi connectivity index (χ4v) is 0. The van der Waals surface area contributed by atoms with Gasteiger partial charge in [0.15, 0.2) is 0 Å². The largest absolute Gasteiger partial charge is 0.490 e. The average molecular weight is 629 g/mol. The van der Waals surface area contributed by atoms with Crippen molar-refractivity contribution < 1.29 is 120 Å². The highest BCUT2D eigenvalue weighted by atomic mass is 19.4. The number of rotatable bonds is 0. The molecule has 27 heteroatoms. The van der Waals surface area contributed by atoms with Gasteiger partial charge in [-0.15, -0.1) is 0 Å². The highest BCUT2D eigenvalue weighted by molar-refractivity contribution is 5.74. The van der Waals surface area contributed by atoms with Gasteiger partial charge in [-0.05, 0) is 0 Å². The van der Waals surface area contributed by atoms with Gasteiger partial charge in [-0.2, -0.15) is 65.9 Å². The lowest BCUT2D eigenvalue weighted by Crippen LogP contribution is -2.21. The first-order chi connectivity index (χ1) is 16.4. The van der Waals surface area contributed by atoms with E-state index >= 15 is 0 Å². The number of aliphatic carboxylic acids is 5. The summed E-state index contributed by atoms with van der Waals surface area (Å²) in [5.41, 5.74) is 4.47. The minimum absolute atomic E-state index is 0.333. The van der Waals surface area contributed by atoms with Crippen LogP contribution in [0.4, 0.5) is 65.9 Å². The minimum atomic E-state index is -5.08. The fraction of sp³-hybridized carbons (Fsp3) is 0.500. The molecule has 12 nitrogen and oxygen atoms in total. The predicted molar refractivity (Wildman–Crippen MR) is 83.3 cm³/mol. The van der Waals surface area contributed by atoms with Crippen LogP contribution in [0.3, 0.4) is 0 Å². The molecule has 0 aromatic heterocycles. The number of carboxylic acids is 5. The second-order valence-electron chi connectivity index (χ2n) is 4.63. The quantitative estimate of drug-likeness (QED) is 0.213. The second kappa shape index (κ2) is 18.9. The monoisotopic (exact) mass is 629 g/mol. The molecule has 0 aliphatic rings. The lowest BCUT2D eigenvalue weighted by Gasteiger charge is -1.93. The third-order valence-corrected chi connectivity index (χ3v) is 1.21. The number of hydrogen-bond donors (Lipinski definition) is 6. The summed E-state index contributed by atoms with van der Waals surface area (Å²) in [5, 5.41) is 35.6. The zero-order chi connectivity index (χ0) is 34.0. The Bertz CT molecular complexity index is 649. The van der Waals surface area contributed by atoms with Gasteiger partial charge in [0.05, 0.1) is 0 Å². The van der Waals surface area contributed by atoms with Crippen LogP contribution in [-0.4, -0.2) is 92.2 Å². The first-order valence-corrected chi connectivity index (χ1v) is 7.22. The van der Waals surface area contributed by atoms with E-state index in [1.54, 1.807) is 0 Å². The first-order valence-electron chi connectivity index (χ1n) is 7.22. The molecule has 0 aromatic carbocycles. The average Bonchev–Trinajstić information content (AvgIpc) is 2.59. The third kappa shape index (κ3) is 51.3. The van der Waals surface area contributed by atoms with Crippen molar-refractivity contribution in [3.8, 4) is 0 Å². The van der Waals surface area contributed by atoms with Crippen molar-refractivity contribution in [2.75, 3.05) is 0 Å². The van der Waals surface area contributed by atoms with E-state index < -0.39 is 60.7 Å². The van der Waals surface area contributed by atoms with Gasteiger partial charge in [-0.25, -0.2) is 24.0 Å². The molecular formula is C12H10F15NO11. The van der Waals surface area contributed by atoms with Crippen molar-refractivity contribution >= 4 is 35.8 Å². The highest BCUT2D eigenvalue weighted by Gasteiger charge is 2.40. The van der Waals surface area contributed by atoms with E-state index in [1.807, 2.05) is 0 Å². The molecule has 0 aliphatic heterocycles. The lowest BCUT2D eigenvalue weighted by molar-refractivity contribution is -0.193. The van der Waals surface area contributed by atoms with E-state index in [-0.39, 0.29) is 5.91 Å². The fourth-order valence-electron chi connectivity index (χ4n) is 0. The number of alkyl halides is 15. The number of carboxylic acid groups (broad SMARTS) is 5. The third-order valence-electron chi connectivity index (χ3n) is 1.21. The maximum Gasteiger partial charge on any atom is 0.490 e. The van der Waals surface area contributed by atoms with E-state index in [1.165, 1.54) is 6.92 Å². The number of halogens is 15. The van der Waals surface area contributed by atoms with E-state index in [9.17, 15) is 70.7 Å². The SMILES string of the molecule is CC(N)=O.O=C(O)C(F)(F)F.O=C(O)C(F)(F)F.O=C(O)C(F)(F)F.O=C(O)C(F)(F)F.O=C(O)C(F)(F)F. The van der Waals surface area contributed by atoms with Crippen LogP contribution in [0, 0.1) is 0 Å². The number of nitrogens with two attached hydrogens (primary N) is 1. The van der Waals surface area contributed by atoms with Gasteiger partial charge >= 0.3 is 60.7 Å². The molecule has 1 amide bonds. The van der Waals surface area contributed by atoms with E-state index in [0.29, 0.717) is 0 Å². The summed E-state index contributed by atoms with van der Waals surface area (Å²) in [6.07, 6.45) is -25.4. The van der Waals surface area contributed by atoms with E-state index in [0.717, 1.165) is 0 Å². The zero-order valence-electron chi connectivity index (χ0n) is 17.4. The number of carbonyl (C=O) groups excluding carboxylic acids is 1. The molecular weight excluding hydrogens is 619 g/mol. The zero-order valence-corrected chi connectivity index (χ0v) is 17.4. The summed E-state index contributed by atoms with van der Waals surface area (Å²) in [6.45, 7) is 1.31. The Labute approximate surface area is 201 Å². The van der Waals surface area contributed by atoms with Crippen LogP contribution in [0.25, 0.3) is 0 Å². The van der Waals surface area contributed by atoms with Gasteiger partial charge in [0, 0.05) is 6.92 Å². The first kappa shape index (κ1) is 47.9. The van der Waals surface area contributed by atoms with Crippen molar-refractivity contribution in [1.82, 2.24) is 0 Å². The molecule has 39 heavy (non-hydrogen) atoms. The van der Waals surface area contributed by atoms with Gasteiger partial charge in [0.2, 0.25) is 5.91 Å². The van der Waals surface area contributed by atoms with Crippen LogP contribution in [0.5, 0.6) is 0 Å². The number of primary amides is 1. The van der Waals surface area contributed by atoms with Crippen molar-refractivity contribution in [2.24, 2.45) is 5.73 Å². The lowest BCUT2D eigenvalue weighted by atomic mass is 10.7. The van der Waals surface area contributed by atoms with Crippen molar-refractivity contribution in [3.63, 3.8) is 0 Å². The van der Waals surface area contributed by atoms with Crippen LogP contribution in [0.15, 0.2) is 0 Å². The van der Waals surface area contributed by atoms with Crippen LogP contribution < -0.4 is 5.73 Å². The van der Waals surface area contributed by atoms with Crippen LogP contribution in [0.2, 0.25) is 0 Å². The van der Waals surface area contributed by atoms with Gasteiger partial charge in [0.25, 0.3) is 0 Å². The number of amides is 1. The molecule has 7 N–H and O–H groups in total. The van der Waals surface area contributed by atoms with Crippen LogP contribution >= 0.6 is 0 Å². The number of hydrogen-bond acceptors (Lipinski definition) is 6. The predicted octanol–water partition coefficient (Wildman–Crippen LogP) is 2.66. The Morgan fingerprint density at radius 2 is 0.410 bits per heavy atom. The molecule has 234 valence electrons. The molecule has 0 saturated heterocycles. The van der Waals surface area contributed by atoms with Crippen molar-refractivity contribution in [2.45, 2.75) is 37.8 Å². The normalized spacial score (nSPS) is 10.8. The Morgan fingerprint density at radius 3 is 0.410 bits per heavy atom. The Morgan fingerprint density at radius 1 is 0.385 bits per heavy atom. The molecule has 0 spiro atoms. The van der Waals surface area contributed by atoms with Gasteiger partial charge in [-0.3, -0.25) is 4.79 Å². The summed E-state index contributed by atoms with van der Waals surface area (Å²) >= 11 is 0. The molecule has 0 heterocycles. The van der Waals surface area contributed by atoms with Gasteiger partial charge in [-0.1, -0.05) is 0 Å². The van der Waals surface area contributed by atoms with Gasteiger partial charge < -0.3 is 31.3 Å². The van der Waals surface area contributed by atoms with E-state index in [4.69, 9.17) is 49.5 Å². The topological polar surface area (TPSA) is 230 Å². The maximum atomic E-state index is 10.6. The Balaban J connectivity index is -0.0000000844. The minimum Gasteiger partial charge on any atom is -0.475 e. The molecule has 0 unspecified atom stereocenters. The smallest absolute Gasteiger partial charge is 0.475 e. The summed E-state index contributed by atoms with van der Waals surface area (Å²) in [5.74, 6) is -14.1. The Hall–Kier alpha value is -4.23. The Kier molecular flexibility index (Phi) is 23.3. The molecule has 0 fully saturated rings. The highest BCUT2D eigenvalue weighted by Crippen LogP contribution is 2.15. The van der Waals surface area contributed by atoms with Gasteiger partial charge in [0.1, 0.15) is 0 Å². The molecule has 0 rings (SSSR count). The molecule has 0 aromatic rings. The summed E-state index contributed by atoms with van der Waals surface area (Å²) in [4.78, 5) is 53.7. The molecule has 0 aliphatic carbocycles. The van der Waals surface area contributed by atoms with Crippen LogP contribution in [-0.2, 0) is 28.8 Å². The van der Waals surface area contributed by atoms with Crippen LogP contribution in [0.1, 0.15) is 6.92 Å². The summed E-state index contributed by atoms with van der Waals surface area (Å²) in [6, 6.07) is 0. The van der Waals surface area contributed by atoms with Crippen molar-refractivity contribution in [3.05, 3.63) is 0 Å². The summed E-state index contributed by atoms with van der Waals surface area (Å²) in [7, 11) is 0. The summed E-state index contributed by atoms with van der Waals surface area (Å²) < 4.78 is 159. The number of carbonyl (C=O) groups is 6. The molecule has 0 bridgehead atoms. The molecule has 0 saturated carbocycles. The standard InChI is InChI=1S/5C2HF3O2.C2H5NO/c5*3-2(4,5)1(6)7;1-2(3)4/h5*(H,6,7);1H3,(H2,3,4). The van der Waals surface area contributed by atoms with Crippen molar-refractivity contribution in [1.29, 1.82) is 0 Å². The second-order valence-corrected chi connectivity index (χ2v) is 4.63. The molecule has 0 radical (unpaired) electrons. The molecule has 0 atom stereocenters. The van der Waals surface area contributed by atoms with E-state index in [2.05, 4.69) is 5.73 Å².